The minimum absolute atomic E-state index is 0.147. The largest absolute Gasteiger partial charge is 0.329 e. The molecule has 1 atom stereocenters. The van der Waals surface area contributed by atoms with E-state index in [1.165, 1.54) is 0 Å². The Labute approximate surface area is 175 Å². The van der Waals surface area contributed by atoms with Gasteiger partial charge in [0.25, 0.3) is 10.1 Å². The first-order valence-corrected chi connectivity index (χ1v) is 11.7. The SMILES string of the molecule is O=S(=O)(O)CCC(c1ncccn1)N1c2ccccc2Sc2ccc(Br)cc21. The highest BCUT2D eigenvalue weighted by atomic mass is 79.9. The minimum Gasteiger partial charge on any atom is -0.329 e. The van der Waals surface area contributed by atoms with Crippen molar-refractivity contribution < 1.29 is 13.0 Å². The number of halogens is 1. The Morgan fingerprint density at radius 1 is 1.04 bits per heavy atom. The third kappa shape index (κ3) is 4.07. The Bertz CT molecular complexity index is 1110. The van der Waals surface area contributed by atoms with Crippen LogP contribution in [0.3, 0.4) is 0 Å². The summed E-state index contributed by atoms with van der Waals surface area (Å²) in [5.74, 6) is 0.115. The summed E-state index contributed by atoms with van der Waals surface area (Å²) in [5, 5.41) is 0. The van der Waals surface area contributed by atoms with Gasteiger partial charge in [-0.25, -0.2) is 9.97 Å². The number of nitrogens with zero attached hydrogens (tertiary/aromatic N) is 3. The highest BCUT2D eigenvalue weighted by molar-refractivity contribution is 9.10. The van der Waals surface area contributed by atoms with Crippen LogP contribution >= 0.6 is 27.7 Å². The summed E-state index contributed by atoms with van der Waals surface area (Å²) in [7, 11) is -4.13. The van der Waals surface area contributed by atoms with Gasteiger partial charge in [-0.3, -0.25) is 4.55 Å². The first kappa shape index (κ1) is 19.4. The van der Waals surface area contributed by atoms with E-state index in [-0.39, 0.29) is 12.2 Å². The van der Waals surface area contributed by atoms with Gasteiger partial charge in [0.1, 0.15) is 0 Å². The maximum absolute atomic E-state index is 11.5. The van der Waals surface area contributed by atoms with Crippen LogP contribution in [0.15, 0.2) is 75.2 Å². The lowest BCUT2D eigenvalue weighted by atomic mass is 10.1. The number of aromatic nitrogens is 2. The van der Waals surface area contributed by atoms with Crippen LogP contribution < -0.4 is 4.90 Å². The van der Waals surface area contributed by atoms with Gasteiger partial charge in [0.15, 0.2) is 5.82 Å². The fourth-order valence-electron chi connectivity index (χ4n) is 3.21. The second-order valence-electron chi connectivity index (χ2n) is 6.25. The second kappa shape index (κ2) is 7.82. The normalized spacial score (nSPS) is 14.3. The molecule has 9 heteroatoms. The molecule has 3 aromatic rings. The topological polar surface area (TPSA) is 83.4 Å². The molecule has 0 amide bonds. The van der Waals surface area contributed by atoms with Gasteiger partial charge >= 0.3 is 0 Å². The third-order valence-electron chi connectivity index (χ3n) is 4.37. The van der Waals surface area contributed by atoms with Crippen LogP contribution in [0.1, 0.15) is 18.3 Å². The average molecular weight is 478 g/mol. The average Bonchev–Trinajstić information content (AvgIpc) is 2.67. The van der Waals surface area contributed by atoms with Crippen LogP contribution in [0.5, 0.6) is 0 Å². The van der Waals surface area contributed by atoms with Crippen molar-refractivity contribution in [2.45, 2.75) is 22.3 Å². The molecule has 6 nitrogen and oxygen atoms in total. The number of fused-ring (bicyclic) bond motifs is 2. The predicted molar refractivity (Wildman–Crippen MR) is 113 cm³/mol. The molecule has 0 aliphatic carbocycles. The number of hydrogen-bond donors (Lipinski definition) is 1. The number of benzene rings is 2. The molecule has 1 unspecified atom stereocenters. The van der Waals surface area contributed by atoms with Crippen LogP contribution in [0, 0.1) is 0 Å². The molecule has 144 valence electrons. The number of hydrogen-bond acceptors (Lipinski definition) is 6. The van der Waals surface area contributed by atoms with Crippen molar-refractivity contribution in [2.24, 2.45) is 0 Å². The van der Waals surface area contributed by atoms with Gasteiger partial charge in [0, 0.05) is 26.7 Å². The summed E-state index contributed by atoms with van der Waals surface area (Å²) in [6, 6.07) is 15.2. The van der Waals surface area contributed by atoms with E-state index < -0.39 is 16.2 Å². The Hall–Kier alpha value is -1.94. The Balaban J connectivity index is 1.88. The molecule has 0 fully saturated rings. The number of para-hydroxylation sites is 1. The summed E-state index contributed by atoms with van der Waals surface area (Å²) in [5.41, 5.74) is 1.89. The molecule has 4 rings (SSSR count). The summed E-state index contributed by atoms with van der Waals surface area (Å²) in [6.45, 7) is 0. The van der Waals surface area contributed by atoms with Gasteiger partial charge in [-0.1, -0.05) is 39.8 Å². The Morgan fingerprint density at radius 3 is 2.50 bits per heavy atom. The van der Waals surface area contributed by atoms with E-state index in [1.807, 2.05) is 42.5 Å². The van der Waals surface area contributed by atoms with Crippen molar-refractivity contribution in [3.05, 3.63) is 71.2 Å². The van der Waals surface area contributed by atoms with Crippen LogP contribution in [0.25, 0.3) is 0 Å². The predicted octanol–water partition coefficient (Wildman–Crippen LogP) is 4.86. The highest BCUT2D eigenvalue weighted by Gasteiger charge is 2.32. The lowest BCUT2D eigenvalue weighted by Crippen LogP contribution is -2.29. The van der Waals surface area contributed by atoms with Crippen LogP contribution in [0.4, 0.5) is 11.4 Å². The van der Waals surface area contributed by atoms with Gasteiger partial charge < -0.3 is 4.90 Å². The van der Waals surface area contributed by atoms with Crippen molar-refractivity contribution in [2.75, 3.05) is 10.7 Å². The molecule has 1 N–H and O–H groups in total. The monoisotopic (exact) mass is 477 g/mol. The molecule has 0 spiro atoms. The standard InChI is InChI=1S/C19H16BrN3O3S2/c20-13-6-7-18-16(12-13)23(14-4-1-2-5-17(14)27-18)15(8-11-28(24,25)26)19-21-9-3-10-22-19/h1-7,9-10,12,15H,8,11H2,(H,24,25,26). The number of anilines is 2. The van der Waals surface area contributed by atoms with E-state index in [0.717, 1.165) is 25.6 Å². The zero-order chi connectivity index (χ0) is 19.7. The van der Waals surface area contributed by atoms with Crippen LogP contribution in [-0.4, -0.2) is 28.7 Å². The minimum atomic E-state index is -4.13. The van der Waals surface area contributed by atoms with Crippen molar-refractivity contribution >= 4 is 49.2 Å². The summed E-state index contributed by atoms with van der Waals surface area (Å²) in [4.78, 5) is 12.9. The maximum Gasteiger partial charge on any atom is 0.264 e. The van der Waals surface area contributed by atoms with Crippen molar-refractivity contribution in [3.8, 4) is 0 Å². The van der Waals surface area contributed by atoms with Crippen molar-refractivity contribution in [1.29, 1.82) is 0 Å². The Kier molecular flexibility index (Phi) is 5.42. The summed E-state index contributed by atoms with van der Waals surface area (Å²) in [6.07, 6.45) is 3.41. The van der Waals surface area contributed by atoms with E-state index >= 15 is 0 Å². The molecule has 0 radical (unpaired) electrons. The first-order valence-electron chi connectivity index (χ1n) is 8.50. The molecule has 2 aromatic carbocycles. The lowest BCUT2D eigenvalue weighted by molar-refractivity contribution is 0.476. The van der Waals surface area contributed by atoms with Crippen LogP contribution in [0.2, 0.25) is 0 Å². The van der Waals surface area contributed by atoms with Gasteiger partial charge in [0.2, 0.25) is 0 Å². The summed E-state index contributed by atoms with van der Waals surface area (Å²) >= 11 is 5.19. The molecule has 1 aliphatic rings. The third-order valence-corrected chi connectivity index (χ3v) is 6.75. The van der Waals surface area contributed by atoms with E-state index in [4.69, 9.17) is 0 Å². The zero-order valence-electron chi connectivity index (χ0n) is 14.6. The van der Waals surface area contributed by atoms with Gasteiger partial charge in [-0.05, 0) is 42.8 Å². The maximum atomic E-state index is 11.5. The fourth-order valence-corrected chi connectivity index (χ4v) is 5.13. The van der Waals surface area contributed by atoms with E-state index in [2.05, 4.69) is 30.8 Å². The molecule has 1 aliphatic heterocycles. The van der Waals surface area contributed by atoms with Crippen molar-refractivity contribution in [1.82, 2.24) is 9.97 Å². The van der Waals surface area contributed by atoms with E-state index in [9.17, 15) is 13.0 Å². The van der Waals surface area contributed by atoms with E-state index in [1.54, 1.807) is 30.2 Å². The molecular formula is C19H16BrN3O3S2. The zero-order valence-corrected chi connectivity index (χ0v) is 17.8. The van der Waals surface area contributed by atoms with Gasteiger partial charge in [-0.2, -0.15) is 8.42 Å². The molecule has 0 bridgehead atoms. The molecule has 28 heavy (non-hydrogen) atoms. The van der Waals surface area contributed by atoms with Crippen LogP contribution in [-0.2, 0) is 10.1 Å². The van der Waals surface area contributed by atoms with Gasteiger partial charge in [-0.15, -0.1) is 0 Å². The first-order chi connectivity index (χ1) is 13.4. The smallest absolute Gasteiger partial charge is 0.264 e. The van der Waals surface area contributed by atoms with Gasteiger partial charge in [0.05, 0.1) is 23.2 Å². The van der Waals surface area contributed by atoms with E-state index in [0.29, 0.717) is 5.82 Å². The molecule has 0 saturated heterocycles. The van der Waals surface area contributed by atoms with Crippen molar-refractivity contribution in [3.63, 3.8) is 0 Å². The second-order valence-corrected chi connectivity index (χ2v) is 9.82. The molecule has 1 aromatic heterocycles. The summed E-state index contributed by atoms with van der Waals surface area (Å²) < 4.78 is 33.2. The molecule has 0 saturated carbocycles. The lowest BCUT2D eigenvalue weighted by Gasteiger charge is -2.38. The highest BCUT2D eigenvalue weighted by Crippen LogP contribution is 2.52. The molecular weight excluding hydrogens is 462 g/mol. The quantitative estimate of drug-likeness (QED) is 0.525. The number of rotatable bonds is 5. The molecule has 2 heterocycles. The Morgan fingerprint density at radius 2 is 1.75 bits per heavy atom. The fraction of sp³-hybridized carbons (Fsp3) is 0.158.